The van der Waals surface area contributed by atoms with Gasteiger partial charge in [-0.15, -0.1) is 0 Å². The third kappa shape index (κ3) is 2.74. The topological polar surface area (TPSA) is 106 Å². The fourth-order valence-corrected chi connectivity index (χ4v) is 1.63. The monoisotopic (exact) mass is 230 g/mol. The van der Waals surface area contributed by atoms with Crippen molar-refractivity contribution in [3.8, 4) is 0 Å². The molecular weight excluding hydrogens is 224 g/mol. The van der Waals surface area contributed by atoms with Gasteiger partial charge < -0.3 is 15.2 Å². The van der Waals surface area contributed by atoms with Gasteiger partial charge in [-0.05, 0) is 0 Å². The summed E-state index contributed by atoms with van der Waals surface area (Å²) in [7, 11) is 0. The molecule has 2 N–H and O–H groups in total. The lowest BCUT2D eigenvalue weighted by molar-refractivity contribution is -0.156. The van der Waals surface area contributed by atoms with Gasteiger partial charge in [-0.2, -0.15) is 0 Å². The van der Waals surface area contributed by atoms with Crippen molar-refractivity contribution in [2.75, 3.05) is 5.32 Å². The number of nitrogens with one attached hydrogen (secondary N) is 1. The average molecular weight is 230 g/mol. The Balaban J connectivity index is 2.85. The summed E-state index contributed by atoms with van der Waals surface area (Å²) >= 11 is 0.916. The minimum atomic E-state index is -1.39. The zero-order chi connectivity index (χ0) is 11.3. The van der Waals surface area contributed by atoms with Gasteiger partial charge in [0, 0.05) is 6.20 Å². The first-order valence-corrected chi connectivity index (χ1v) is 4.48. The third-order valence-corrected chi connectivity index (χ3v) is 2.35. The van der Waals surface area contributed by atoms with Gasteiger partial charge >= 0.3 is 5.97 Å². The van der Waals surface area contributed by atoms with Crippen LogP contribution in [0.2, 0.25) is 0 Å². The first-order valence-electron chi connectivity index (χ1n) is 3.67. The number of amides is 1. The van der Waals surface area contributed by atoms with E-state index < -0.39 is 12.1 Å². The van der Waals surface area contributed by atoms with E-state index in [0.29, 0.717) is 6.41 Å². The Labute approximate surface area is 87.7 Å². The van der Waals surface area contributed by atoms with Crippen molar-refractivity contribution in [3.63, 3.8) is 0 Å². The lowest BCUT2D eigenvalue weighted by atomic mass is 10.3. The van der Waals surface area contributed by atoms with E-state index in [2.05, 4.69) is 15.0 Å². The zero-order valence-corrected chi connectivity index (χ0v) is 8.06. The summed E-state index contributed by atoms with van der Waals surface area (Å²) in [6.45, 7) is 0.0470. The van der Waals surface area contributed by atoms with Gasteiger partial charge in [0.15, 0.2) is 5.13 Å². The van der Waals surface area contributed by atoms with E-state index in [1.54, 1.807) is 0 Å². The average Bonchev–Trinajstić information content (AvgIpc) is 2.62. The second-order valence-electron chi connectivity index (χ2n) is 2.28. The summed E-state index contributed by atoms with van der Waals surface area (Å²) in [5.74, 6) is -1.30. The van der Waals surface area contributed by atoms with Gasteiger partial charge in [-0.1, -0.05) is 11.3 Å². The lowest BCUT2D eigenvalue weighted by Crippen LogP contribution is -2.13. The highest BCUT2D eigenvalue weighted by molar-refractivity contribution is 7.15. The number of hydrogen-bond donors (Lipinski definition) is 2. The highest BCUT2D eigenvalue weighted by Crippen LogP contribution is 2.26. The minimum Gasteiger partial charge on any atom is -0.478 e. The molecule has 80 valence electrons. The quantitative estimate of drug-likeness (QED) is 0.667. The van der Waals surface area contributed by atoms with Crippen molar-refractivity contribution in [1.82, 2.24) is 4.98 Å². The molecule has 7 nitrogen and oxygen atoms in total. The van der Waals surface area contributed by atoms with Crippen molar-refractivity contribution < 1.29 is 24.2 Å². The van der Waals surface area contributed by atoms with Gasteiger partial charge in [-0.3, -0.25) is 9.59 Å². The van der Waals surface area contributed by atoms with E-state index in [4.69, 9.17) is 5.11 Å². The molecule has 0 saturated carbocycles. The van der Waals surface area contributed by atoms with Crippen LogP contribution in [0.5, 0.6) is 0 Å². The minimum absolute atomic E-state index is 0.0470. The molecule has 0 aliphatic rings. The molecule has 1 unspecified atom stereocenters. The molecule has 1 atom stereocenters. The first-order chi connectivity index (χ1) is 7.19. The predicted octanol–water partition coefficient (Wildman–Crippen LogP) is 0.0101. The van der Waals surface area contributed by atoms with Crippen LogP contribution >= 0.6 is 11.3 Å². The van der Waals surface area contributed by atoms with Crippen molar-refractivity contribution >= 4 is 35.3 Å². The van der Waals surface area contributed by atoms with Crippen LogP contribution in [0, 0.1) is 0 Å². The van der Waals surface area contributed by atoms with Gasteiger partial charge in [0.2, 0.25) is 12.5 Å². The number of carbonyl (C=O) groups excluding carboxylic acids is 2. The summed E-state index contributed by atoms with van der Waals surface area (Å²) in [6, 6.07) is 0. The number of aromatic nitrogens is 1. The lowest BCUT2D eigenvalue weighted by Gasteiger charge is -2.05. The van der Waals surface area contributed by atoms with E-state index in [9.17, 15) is 14.4 Å². The van der Waals surface area contributed by atoms with Crippen molar-refractivity contribution in [3.05, 3.63) is 11.1 Å². The maximum atomic E-state index is 10.7. The zero-order valence-electron chi connectivity index (χ0n) is 7.25. The largest absolute Gasteiger partial charge is 0.478 e. The number of carboxylic acid groups (broad SMARTS) is 1. The van der Waals surface area contributed by atoms with E-state index >= 15 is 0 Å². The number of anilines is 1. The summed E-state index contributed by atoms with van der Waals surface area (Å²) in [5.41, 5.74) is 0. The van der Waals surface area contributed by atoms with Crippen molar-refractivity contribution in [2.45, 2.75) is 6.10 Å². The molecule has 1 aromatic rings. The Morgan fingerprint density at radius 1 is 1.67 bits per heavy atom. The van der Waals surface area contributed by atoms with Crippen LogP contribution in [0.1, 0.15) is 11.0 Å². The van der Waals surface area contributed by atoms with E-state index in [-0.39, 0.29) is 16.5 Å². The maximum absolute atomic E-state index is 10.7. The first kappa shape index (κ1) is 11.1. The van der Waals surface area contributed by atoms with Crippen LogP contribution in [-0.4, -0.2) is 28.9 Å². The van der Waals surface area contributed by atoms with Gasteiger partial charge in [-0.25, -0.2) is 9.78 Å². The van der Waals surface area contributed by atoms with Crippen LogP contribution in [0.15, 0.2) is 6.20 Å². The predicted molar refractivity (Wildman–Crippen MR) is 49.3 cm³/mol. The SMILES string of the molecule is O=CNc1ncc(C(OC=O)C(=O)O)s1. The second-order valence-corrected chi connectivity index (χ2v) is 3.34. The van der Waals surface area contributed by atoms with Crippen LogP contribution in [0.3, 0.4) is 0 Å². The molecule has 1 amide bonds. The second kappa shape index (κ2) is 5.05. The molecule has 0 saturated heterocycles. The number of aliphatic carboxylic acids is 1. The molecule has 1 aromatic heterocycles. The summed E-state index contributed by atoms with van der Waals surface area (Å²) in [4.78, 5) is 34.7. The molecule has 0 aromatic carbocycles. The Morgan fingerprint density at radius 2 is 2.40 bits per heavy atom. The van der Waals surface area contributed by atoms with E-state index in [0.717, 1.165) is 11.3 Å². The van der Waals surface area contributed by atoms with E-state index in [1.165, 1.54) is 6.20 Å². The number of hydrogen-bond acceptors (Lipinski definition) is 6. The fourth-order valence-electron chi connectivity index (χ4n) is 0.827. The standard InChI is InChI=1S/C7H6N2O5S/c10-2-9-7-8-1-4(15-7)5(6(12)13)14-3-11/h1-3,5H,(H,12,13)(H,8,9,10). The molecule has 0 aliphatic carbocycles. The Kier molecular flexibility index (Phi) is 3.75. The summed E-state index contributed by atoms with van der Waals surface area (Å²) in [6.07, 6.45) is 0.250. The van der Waals surface area contributed by atoms with Crippen LogP contribution < -0.4 is 5.32 Å². The molecule has 0 aliphatic heterocycles. The van der Waals surface area contributed by atoms with Crippen LogP contribution in [0.25, 0.3) is 0 Å². The third-order valence-electron chi connectivity index (χ3n) is 1.38. The molecule has 0 bridgehead atoms. The van der Waals surface area contributed by atoms with Crippen LogP contribution in [0.4, 0.5) is 5.13 Å². The molecule has 15 heavy (non-hydrogen) atoms. The smallest absolute Gasteiger partial charge is 0.350 e. The highest BCUT2D eigenvalue weighted by Gasteiger charge is 2.23. The molecule has 8 heteroatoms. The normalized spacial score (nSPS) is 11.5. The Hall–Kier alpha value is -1.96. The van der Waals surface area contributed by atoms with Gasteiger partial charge in [0.05, 0.1) is 4.88 Å². The summed E-state index contributed by atoms with van der Waals surface area (Å²) in [5, 5.41) is 11.2. The van der Waals surface area contributed by atoms with Crippen molar-refractivity contribution in [2.24, 2.45) is 0 Å². The molecule has 0 spiro atoms. The number of carbonyl (C=O) groups is 3. The number of carboxylic acids is 1. The maximum Gasteiger partial charge on any atom is 0.350 e. The van der Waals surface area contributed by atoms with Crippen LogP contribution in [-0.2, 0) is 19.1 Å². The molecular formula is C7H6N2O5S. The number of thiazole rings is 1. The highest BCUT2D eigenvalue weighted by atomic mass is 32.1. The number of nitrogens with zero attached hydrogens (tertiary/aromatic N) is 1. The molecule has 1 heterocycles. The van der Waals surface area contributed by atoms with Gasteiger partial charge in [0.1, 0.15) is 0 Å². The Bertz CT molecular complexity index is 377. The fraction of sp³-hybridized carbons (Fsp3) is 0.143. The Morgan fingerprint density at radius 3 is 2.93 bits per heavy atom. The summed E-state index contributed by atoms with van der Waals surface area (Å²) < 4.78 is 4.36. The van der Waals surface area contributed by atoms with Crippen molar-refractivity contribution in [1.29, 1.82) is 0 Å². The number of rotatable bonds is 6. The number of ether oxygens (including phenoxy) is 1. The molecule has 0 radical (unpaired) electrons. The molecule has 0 fully saturated rings. The van der Waals surface area contributed by atoms with Gasteiger partial charge in [0.25, 0.3) is 6.47 Å². The van der Waals surface area contributed by atoms with E-state index in [1.807, 2.05) is 0 Å². The molecule has 1 rings (SSSR count).